The van der Waals surface area contributed by atoms with E-state index < -0.39 is 9.73 Å². The molecular weight excluding hydrogens is 422 g/mol. The SMILES string of the molecule is O=S(=Nc1c(Cl)c(Cl)nc(Cl)c1Cl)(c1ccccc1)c1ccccc1. The standard InChI is InChI=1S/C17H10Cl4N2OS/c18-13-15(14(19)17(21)22-16(13)20)23-25(24,11-7-3-1-4-8-11)12-9-5-2-6-10-12/h1-10H. The highest BCUT2D eigenvalue weighted by molar-refractivity contribution is 7.93. The Balaban J connectivity index is 2.39. The van der Waals surface area contributed by atoms with Crippen LogP contribution in [-0.2, 0) is 9.73 Å². The molecule has 0 aliphatic heterocycles. The van der Waals surface area contributed by atoms with E-state index in [1.54, 1.807) is 48.5 Å². The van der Waals surface area contributed by atoms with E-state index in [0.29, 0.717) is 9.79 Å². The van der Waals surface area contributed by atoms with Crippen molar-refractivity contribution >= 4 is 61.8 Å². The van der Waals surface area contributed by atoms with E-state index in [-0.39, 0.29) is 26.0 Å². The first kappa shape index (κ1) is 18.5. The van der Waals surface area contributed by atoms with E-state index in [9.17, 15) is 4.21 Å². The molecule has 1 heterocycles. The molecule has 0 N–H and O–H groups in total. The van der Waals surface area contributed by atoms with Gasteiger partial charge in [-0.3, -0.25) is 0 Å². The predicted octanol–water partition coefficient (Wildman–Crippen LogP) is 6.91. The minimum atomic E-state index is -3.07. The Kier molecular flexibility index (Phi) is 5.56. The first-order valence-corrected chi connectivity index (χ1v) is 10.0. The number of aromatic nitrogens is 1. The second-order valence-electron chi connectivity index (χ2n) is 4.91. The Morgan fingerprint density at radius 1 is 0.720 bits per heavy atom. The van der Waals surface area contributed by atoms with Crippen LogP contribution < -0.4 is 0 Å². The molecule has 0 amide bonds. The molecule has 0 fully saturated rings. The molecule has 3 aromatic rings. The lowest BCUT2D eigenvalue weighted by molar-refractivity contribution is 0.676. The molecule has 128 valence electrons. The molecular formula is C17H10Cl4N2OS. The zero-order valence-electron chi connectivity index (χ0n) is 12.5. The molecule has 3 rings (SSSR count). The van der Waals surface area contributed by atoms with Crippen LogP contribution in [0.4, 0.5) is 5.69 Å². The minimum absolute atomic E-state index is 0.00402. The topological polar surface area (TPSA) is 42.3 Å². The zero-order valence-corrected chi connectivity index (χ0v) is 16.3. The van der Waals surface area contributed by atoms with Crippen molar-refractivity contribution in [3.63, 3.8) is 0 Å². The number of halogens is 4. The Bertz CT molecular complexity index is 962. The highest BCUT2D eigenvalue weighted by Crippen LogP contribution is 2.43. The third-order valence-electron chi connectivity index (χ3n) is 3.32. The number of hydrogen-bond acceptors (Lipinski definition) is 3. The van der Waals surface area contributed by atoms with Gasteiger partial charge in [0.2, 0.25) is 0 Å². The summed E-state index contributed by atoms with van der Waals surface area (Å²) in [6, 6.07) is 17.7. The van der Waals surface area contributed by atoms with Gasteiger partial charge in [0.25, 0.3) is 0 Å². The molecule has 3 nitrogen and oxygen atoms in total. The fourth-order valence-electron chi connectivity index (χ4n) is 2.14. The van der Waals surface area contributed by atoms with Gasteiger partial charge in [-0.15, -0.1) is 0 Å². The normalized spacial score (nSPS) is 11.4. The second-order valence-corrected chi connectivity index (χ2v) is 8.56. The third kappa shape index (κ3) is 3.64. The Hall–Kier alpha value is -1.30. The van der Waals surface area contributed by atoms with Crippen LogP contribution in [0.15, 0.2) is 74.8 Å². The van der Waals surface area contributed by atoms with Crippen LogP contribution >= 0.6 is 46.4 Å². The monoisotopic (exact) mass is 430 g/mol. The maximum absolute atomic E-state index is 13.9. The van der Waals surface area contributed by atoms with Crippen molar-refractivity contribution < 1.29 is 4.21 Å². The molecule has 0 spiro atoms. The molecule has 25 heavy (non-hydrogen) atoms. The van der Waals surface area contributed by atoms with Gasteiger partial charge in [0.1, 0.15) is 25.5 Å². The van der Waals surface area contributed by atoms with Gasteiger partial charge in [-0.25, -0.2) is 9.19 Å². The molecule has 0 radical (unpaired) electrons. The molecule has 0 saturated heterocycles. The molecule has 0 unspecified atom stereocenters. The average molecular weight is 432 g/mol. The molecule has 0 saturated carbocycles. The summed E-state index contributed by atoms with van der Waals surface area (Å²) in [5, 5.41) is -0.123. The van der Waals surface area contributed by atoms with Gasteiger partial charge in [-0.05, 0) is 24.3 Å². The molecule has 2 aromatic carbocycles. The summed E-state index contributed by atoms with van der Waals surface area (Å²) < 4.78 is 18.3. The number of hydrogen-bond donors (Lipinski definition) is 0. The minimum Gasteiger partial charge on any atom is -0.239 e. The van der Waals surface area contributed by atoms with Gasteiger partial charge in [0.05, 0.1) is 9.79 Å². The van der Waals surface area contributed by atoms with E-state index in [1.165, 1.54) is 0 Å². The summed E-state index contributed by atoms with van der Waals surface area (Å²) in [5.41, 5.74) is 0.0473. The van der Waals surface area contributed by atoms with E-state index in [1.807, 2.05) is 12.1 Å². The molecule has 8 heteroatoms. The molecule has 1 aromatic heterocycles. The number of pyridine rings is 1. The van der Waals surface area contributed by atoms with Crippen LogP contribution in [0.3, 0.4) is 0 Å². The summed E-state index contributed by atoms with van der Waals surface area (Å²) >= 11 is 24.3. The van der Waals surface area contributed by atoms with Crippen molar-refractivity contribution in [1.29, 1.82) is 0 Å². The van der Waals surface area contributed by atoms with Crippen molar-refractivity contribution in [3.05, 3.63) is 81.0 Å². The lowest BCUT2D eigenvalue weighted by Gasteiger charge is -2.13. The summed E-state index contributed by atoms with van der Waals surface area (Å²) in [6.07, 6.45) is 0. The third-order valence-corrected chi connectivity index (χ3v) is 7.04. The van der Waals surface area contributed by atoms with E-state index in [0.717, 1.165) is 0 Å². The molecule has 0 aliphatic rings. The smallest absolute Gasteiger partial charge is 0.151 e. The summed E-state index contributed by atoms with van der Waals surface area (Å²) in [7, 11) is -3.07. The summed E-state index contributed by atoms with van der Waals surface area (Å²) in [4.78, 5) is 4.85. The van der Waals surface area contributed by atoms with E-state index in [4.69, 9.17) is 46.4 Å². The highest BCUT2D eigenvalue weighted by atomic mass is 35.5. The summed E-state index contributed by atoms with van der Waals surface area (Å²) in [6.45, 7) is 0. The summed E-state index contributed by atoms with van der Waals surface area (Å²) in [5.74, 6) is 0. The van der Waals surface area contributed by atoms with E-state index >= 15 is 0 Å². The van der Waals surface area contributed by atoms with Crippen LogP contribution in [0.5, 0.6) is 0 Å². The largest absolute Gasteiger partial charge is 0.239 e. The number of nitrogens with zero attached hydrogens (tertiary/aromatic N) is 2. The quantitative estimate of drug-likeness (QED) is 0.422. The van der Waals surface area contributed by atoms with Gasteiger partial charge in [0, 0.05) is 0 Å². The van der Waals surface area contributed by atoms with Crippen LogP contribution in [0, 0.1) is 0 Å². The number of rotatable bonds is 3. The van der Waals surface area contributed by atoms with Crippen LogP contribution in [0.2, 0.25) is 20.4 Å². The maximum Gasteiger partial charge on any atom is 0.151 e. The second kappa shape index (κ2) is 7.52. The molecule has 0 atom stereocenters. The fourth-order valence-corrected chi connectivity index (χ4v) is 5.01. The van der Waals surface area contributed by atoms with Crippen molar-refractivity contribution in [2.45, 2.75) is 9.79 Å². The average Bonchev–Trinajstić information content (AvgIpc) is 2.65. The predicted molar refractivity (Wildman–Crippen MR) is 104 cm³/mol. The van der Waals surface area contributed by atoms with Gasteiger partial charge in [-0.2, -0.15) is 4.36 Å². The van der Waals surface area contributed by atoms with Crippen molar-refractivity contribution in [3.8, 4) is 0 Å². The maximum atomic E-state index is 13.9. The highest BCUT2D eigenvalue weighted by Gasteiger charge is 2.21. The fraction of sp³-hybridized carbons (Fsp3) is 0. The number of benzene rings is 2. The van der Waals surface area contributed by atoms with Gasteiger partial charge >= 0.3 is 0 Å². The first-order chi connectivity index (χ1) is 11.9. The van der Waals surface area contributed by atoms with E-state index in [2.05, 4.69) is 9.35 Å². The van der Waals surface area contributed by atoms with Crippen molar-refractivity contribution in [2.75, 3.05) is 0 Å². The zero-order chi connectivity index (χ0) is 18.0. The van der Waals surface area contributed by atoms with Gasteiger partial charge in [0.15, 0.2) is 10.3 Å². The van der Waals surface area contributed by atoms with Crippen molar-refractivity contribution in [1.82, 2.24) is 4.98 Å². The lowest BCUT2D eigenvalue weighted by Crippen LogP contribution is -2.02. The molecule has 0 aliphatic carbocycles. The van der Waals surface area contributed by atoms with Gasteiger partial charge in [-0.1, -0.05) is 82.8 Å². The van der Waals surface area contributed by atoms with Crippen LogP contribution in [0.1, 0.15) is 0 Å². The Morgan fingerprint density at radius 2 is 1.12 bits per heavy atom. The van der Waals surface area contributed by atoms with Crippen LogP contribution in [-0.4, -0.2) is 9.19 Å². The Morgan fingerprint density at radius 3 is 1.52 bits per heavy atom. The van der Waals surface area contributed by atoms with Crippen molar-refractivity contribution in [2.24, 2.45) is 4.36 Å². The van der Waals surface area contributed by atoms with Crippen LogP contribution in [0.25, 0.3) is 0 Å². The first-order valence-electron chi connectivity index (χ1n) is 7.01. The molecule has 0 bridgehead atoms. The lowest BCUT2D eigenvalue weighted by atomic mass is 10.4. The van der Waals surface area contributed by atoms with Gasteiger partial charge < -0.3 is 0 Å². The Labute approximate surface area is 165 Å².